The minimum Gasteiger partial charge on any atom is -0.478 e. The van der Waals surface area contributed by atoms with E-state index >= 15 is 0 Å². The monoisotopic (exact) mass is 275 g/mol. The highest BCUT2D eigenvalue weighted by molar-refractivity contribution is 6.45. The summed E-state index contributed by atoms with van der Waals surface area (Å²) >= 11 is 0. The third-order valence-corrected chi connectivity index (χ3v) is 2.16. The Labute approximate surface area is 112 Å². The minimum atomic E-state index is -1.47. The number of nitrogens with zero attached hydrogens (tertiary/aromatic N) is 2. The van der Waals surface area contributed by atoms with Gasteiger partial charge in [0.05, 0.1) is 16.8 Å². The lowest BCUT2D eigenvalue weighted by Crippen LogP contribution is -2.22. The number of anilines is 1. The Morgan fingerprint density at radius 2 is 2.00 bits per heavy atom. The fourth-order valence-electron chi connectivity index (χ4n) is 1.32. The van der Waals surface area contributed by atoms with E-state index in [1.54, 1.807) is 0 Å². The molecular formula is C11H9N5O4. The number of carboxylic acids is 2. The van der Waals surface area contributed by atoms with Gasteiger partial charge in [0.2, 0.25) is 5.71 Å². The molecule has 0 aliphatic carbocycles. The van der Waals surface area contributed by atoms with Crippen LogP contribution in [0.15, 0.2) is 23.3 Å². The smallest absolute Gasteiger partial charge is 0.338 e. The standard InChI is InChI=1S/C11H9N5O4/c12-4-7(9(13)14)16-15-6-3-1-2-5(10(17)18)8(6)11(19)20/h1-3,15H,(H3,13,14)(H,17,18)(H,19,20)/b16-7+. The van der Waals surface area contributed by atoms with E-state index in [2.05, 4.69) is 10.5 Å². The van der Waals surface area contributed by atoms with E-state index in [-0.39, 0.29) is 5.69 Å². The van der Waals surface area contributed by atoms with Crippen LogP contribution in [0.5, 0.6) is 0 Å². The fourth-order valence-corrected chi connectivity index (χ4v) is 1.32. The van der Waals surface area contributed by atoms with Crippen molar-refractivity contribution in [2.24, 2.45) is 10.8 Å². The molecule has 102 valence electrons. The second-order valence-corrected chi connectivity index (χ2v) is 3.44. The van der Waals surface area contributed by atoms with Crippen LogP contribution in [0.4, 0.5) is 5.69 Å². The number of hydrogen-bond acceptors (Lipinski definition) is 6. The van der Waals surface area contributed by atoms with Crippen LogP contribution in [0.3, 0.4) is 0 Å². The minimum absolute atomic E-state index is 0.133. The lowest BCUT2D eigenvalue weighted by Gasteiger charge is -2.08. The molecule has 0 radical (unpaired) electrons. The van der Waals surface area contributed by atoms with Gasteiger partial charge in [-0.05, 0) is 12.1 Å². The van der Waals surface area contributed by atoms with Crippen molar-refractivity contribution in [3.05, 3.63) is 29.3 Å². The van der Waals surface area contributed by atoms with Crippen molar-refractivity contribution in [1.82, 2.24) is 0 Å². The van der Waals surface area contributed by atoms with Gasteiger partial charge in [-0.25, -0.2) is 9.59 Å². The number of hydrazone groups is 1. The summed E-state index contributed by atoms with van der Waals surface area (Å²) in [5.41, 5.74) is 5.76. The van der Waals surface area contributed by atoms with Crippen LogP contribution >= 0.6 is 0 Å². The average molecular weight is 275 g/mol. The predicted octanol–water partition coefficient (Wildman–Crippen LogP) is 0.310. The maximum atomic E-state index is 11.1. The predicted molar refractivity (Wildman–Crippen MR) is 68.9 cm³/mol. The molecule has 0 spiro atoms. The fraction of sp³-hybridized carbons (Fsp3) is 0. The van der Waals surface area contributed by atoms with Gasteiger partial charge < -0.3 is 15.9 Å². The molecule has 20 heavy (non-hydrogen) atoms. The van der Waals surface area contributed by atoms with Gasteiger partial charge in [-0.1, -0.05) is 6.07 Å². The van der Waals surface area contributed by atoms with Crippen molar-refractivity contribution in [2.75, 3.05) is 5.43 Å². The van der Waals surface area contributed by atoms with Crippen LogP contribution in [0, 0.1) is 16.7 Å². The van der Waals surface area contributed by atoms with Crippen molar-refractivity contribution < 1.29 is 19.8 Å². The molecule has 0 bridgehead atoms. The van der Waals surface area contributed by atoms with Gasteiger partial charge in [0.15, 0.2) is 5.84 Å². The van der Waals surface area contributed by atoms with Crippen LogP contribution in [-0.2, 0) is 0 Å². The quantitative estimate of drug-likeness (QED) is 0.292. The maximum absolute atomic E-state index is 11.1. The van der Waals surface area contributed by atoms with Crippen LogP contribution in [0.25, 0.3) is 0 Å². The first-order valence-corrected chi connectivity index (χ1v) is 5.06. The summed E-state index contributed by atoms with van der Waals surface area (Å²) < 4.78 is 0. The van der Waals surface area contributed by atoms with E-state index in [0.717, 1.165) is 6.07 Å². The zero-order valence-corrected chi connectivity index (χ0v) is 9.91. The van der Waals surface area contributed by atoms with Crippen LogP contribution in [0.2, 0.25) is 0 Å². The third-order valence-electron chi connectivity index (χ3n) is 2.16. The van der Waals surface area contributed by atoms with Crippen LogP contribution in [0.1, 0.15) is 20.7 Å². The van der Waals surface area contributed by atoms with Gasteiger partial charge in [0, 0.05) is 0 Å². The first kappa shape index (κ1) is 14.7. The van der Waals surface area contributed by atoms with E-state index in [1.807, 2.05) is 0 Å². The molecule has 0 aliphatic rings. The second-order valence-electron chi connectivity index (χ2n) is 3.44. The lowest BCUT2D eigenvalue weighted by atomic mass is 10.1. The molecule has 1 aromatic rings. The Kier molecular flexibility index (Phi) is 4.37. The normalized spacial score (nSPS) is 10.4. The maximum Gasteiger partial charge on any atom is 0.338 e. The molecule has 6 N–H and O–H groups in total. The number of aromatic carboxylic acids is 2. The summed E-state index contributed by atoms with van der Waals surface area (Å²) in [6.45, 7) is 0. The molecule has 1 rings (SSSR count). The number of nitriles is 1. The van der Waals surface area contributed by atoms with Crippen LogP contribution in [-0.4, -0.2) is 33.7 Å². The summed E-state index contributed by atoms with van der Waals surface area (Å²) in [4.78, 5) is 22.1. The molecule has 0 fully saturated rings. The summed E-state index contributed by atoms with van der Waals surface area (Å²) in [5, 5.41) is 37.1. The van der Waals surface area contributed by atoms with E-state index in [4.69, 9.17) is 26.6 Å². The molecule has 0 saturated heterocycles. The summed E-state index contributed by atoms with van der Waals surface area (Å²) in [6.07, 6.45) is 0. The van der Waals surface area contributed by atoms with Gasteiger partial charge in [-0.2, -0.15) is 10.4 Å². The molecular weight excluding hydrogens is 266 g/mol. The Balaban J connectivity index is 3.30. The highest BCUT2D eigenvalue weighted by atomic mass is 16.4. The molecule has 9 heteroatoms. The van der Waals surface area contributed by atoms with E-state index < -0.39 is 34.6 Å². The molecule has 1 aromatic carbocycles. The lowest BCUT2D eigenvalue weighted by molar-refractivity contribution is 0.0652. The van der Waals surface area contributed by atoms with Gasteiger partial charge in [-0.15, -0.1) is 0 Å². The summed E-state index contributed by atoms with van der Waals surface area (Å²) in [7, 11) is 0. The van der Waals surface area contributed by atoms with Crippen LogP contribution < -0.4 is 11.2 Å². The molecule has 0 aromatic heterocycles. The van der Waals surface area contributed by atoms with Crippen molar-refractivity contribution in [1.29, 1.82) is 10.7 Å². The largest absolute Gasteiger partial charge is 0.478 e. The molecule has 0 aliphatic heterocycles. The molecule has 0 unspecified atom stereocenters. The number of amidine groups is 1. The number of benzene rings is 1. The highest BCUT2D eigenvalue weighted by Crippen LogP contribution is 2.20. The summed E-state index contributed by atoms with van der Waals surface area (Å²) in [5.74, 6) is -3.49. The Morgan fingerprint density at radius 3 is 2.45 bits per heavy atom. The highest BCUT2D eigenvalue weighted by Gasteiger charge is 2.19. The first-order valence-electron chi connectivity index (χ1n) is 5.06. The zero-order chi connectivity index (χ0) is 15.3. The van der Waals surface area contributed by atoms with Gasteiger partial charge in [0.1, 0.15) is 6.07 Å². The van der Waals surface area contributed by atoms with E-state index in [0.29, 0.717) is 0 Å². The number of carbonyl (C=O) groups is 2. The van der Waals surface area contributed by atoms with Crippen molar-refractivity contribution in [3.63, 3.8) is 0 Å². The zero-order valence-electron chi connectivity index (χ0n) is 9.91. The number of carboxylic acid groups (broad SMARTS) is 2. The topological polar surface area (TPSA) is 173 Å². The molecule has 9 nitrogen and oxygen atoms in total. The Bertz CT molecular complexity index is 659. The molecule has 0 atom stereocenters. The van der Waals surface area contributed by atoms with Gasteiger partial charge >= 0.3 is 11.9 Å². The first-order chi connectivity index (χ1) is 9.38. The molecule has 0 saturated carbocycles. The van der Waals surface area contributed by atoms with Crippen molar-refractivity contribution in [3.8, 4) is 6.07 Å². The van der Waals surface area contributed by atoms with Crippen molar-refractivity contribution >= 4 is 29.2 Å². The molecule has 0 heterocycles. The number of nitrogens with two attached hydrogens (primary N) is 1. The van der Waals surface area contributed by atoms with E-state index in [1.165, 1.54) is 18.2 Å². The number of rotatable bonds is 5. The average Bonchev–Trinajstić information content (AvgIpc) is 2.38. The molecule has 0 amide bonds. The van der Waals surface area contributed by atoms with E-state index in [9.17, 15) is 9.59 Å². The summed E-state index contributed by atoms with van der Waals surface area (Å²) in [6, 6.07) is 5.24. The second kappa shape index (κ2) is 5.96. The number of nitrogens with one attached hydrogen (secondary N) is 2. The third kappa shape index (κ3) is 3.08. The number of hydrogen-bond donors (Lipinski definition) is 5. The Morgan fingerprint density at radius 1 is 1.35 bits per heavy atom. The SMILES string of the molecule is N#C/C(=N\Nc1cccc(C(=O)O)c1C(=O)O)C(=N)N. The van der Waals surface area contributed by atoms with Gasteiger partial charge in [-0.3, -0.25) is 10.8 Å². The van der Waals surface area contributed by atoms with Crippen molar-refractivity contribution in [2.45, 2.75) is 0 Å². The Hall–Kier alpha value is -3.41. The van der Waals surface area contributed by atoms with Gasteiger partial charge in [0.25, 0.3) is 0 Å².